The van der Waals surface area contributed by atoms with Crippen LogP contribution in [0.15, 0.2) is 12.1 Å². The first-order valence-electron chi connectivity index (χ1n) is 6.30. The van der Waals surface area contributed by atoms with E-state index in [-0.39, 0.29) is 12.3 Å². The van der Waals surface area contributed by atoms with E-state index < -0.39 is 12.2 Å². The van der Waals surface area contributed by atoms with Gasteiger partial charge in [0.25, 0.3) is 0 Å². The molecule has 106 valence electrons. The molecule has 0 saturated carbocycles. The average molecular weight is 266 g/mol. The van der Waals surface area contributed by atoms with Crippen molar-refractivity contribution in [3.63, 3.8) is 0 Å². The lowest BCUT2D eigenvalue weighted by atomic mass is 9.96. The molecular weight excluding hydrogens is 244 g/mol. The molecule has 0 bridgehead atoms. The van der Waals surface area contributed by atoms with Crippen LogP contribution in [-0.4, -0.2) is 28.8 Å². The molecule has 0 fully saturated rings. The Morgan fingerprint density at radius 1 is 1.37 bits per heavy atom. The Morgan fingerprint density at radius 3 is 2.58 bits per heavy atom. The highest BCUT2D eigenvalue weighted by molar-refractivity contribution is 5.72. The third-order valence-corrected chi connectivity index (χ3v) is 3.06. The van der Waals surface area contributed by atoms with Crippen molar-refractivity contribution in [1.82, 2.24) is 5.32 Å². The Bertz CT molecular complexity index is 460. The summed E-state index contributed by atoms with van der Waals surface area (Å²) in [6.45, 7) is 5.50. The second-order valence-corrected chi connectivity index (χ2v) is 4.87. The van der Waals surface area contributed by atoms with Crippen LogP contribution in [0.3, 0.4) is 0 Å². The molecule has 1 rings (SSSR count). The van der Waals surface area contributed by atoms with Gasteiger partial charge in [0.1, 0.15) is 6.10 Å². The average Bonchev–Trinajstić information content (AvgIpc) is 2.32. The molecule has 0 aliphatic rings. The number of amides is 1. The number of aliphatic hydroxyl groups is 2. The van der Waals surface area contributed by atoms with Crippen molar-refractivity contribution >= 4 is 11.6 Å². The van der Waals surface area contributed by atoms with Crippen molar-refractivity contribution in [2.24, 2.45) is 0 Å². The number of anilines is 1. The summed E-state index contributed by atoms with van der Waals surface area (Å²) in [5.74, 6) is -0.160. The van der Waals surface area contributed by atoms with Crippen LogP contribution in [0.5, 0.6) is 0 Å². The Labute approximate surface area is 113 Å². The normalized spacial score (nSPS) is 13.9. The summed E-state index contributed by atoms with van der Waals surface area (Å²) in [7, 11) is 0. The standard InChI is InChI=1S/C14H22N2O3/c1-8-6-9(2)13(15)11(7-8)14(19)12(18)4-5-16-10(3)17/h6-7,12,14,18-19H,4-5,15H2,1-3H3,(H,16,17). The Hall–Kier alpha value is -1.59. The lowest BCUT2D eigenvalue weighted by Crippen LogP contribution is -2.28. The highest BCUT2D eigenvalue weighted by atomic mass is 16.3. The fourth-order valence-electron chi connectivity index (χ4n) is 2.02. The number of benzene rings is 1. The molecule has 0 aromatic heterocycles. The summed E-state index contributed by atoms with van der Waals surface area (Å²) in [5.41, 5.74) is 8.82. The molecule has 1 aromatic rings. The highest BCUT2D eigenvalue weighted by Crippen LogP contribution is 2.28. The van der Waals surface area contributed by atoms with Crippen molar-refractivity contribution in [1.29, 1.82) is 0 Å². The molecule has 5 N–H and O–H groups in total. The molecule has 5 nitrogen and oxygen atoms in total. The smallest absolute Gasteiger partial charge is 0.216 e. The molecule has 5 heteroatoms. The minimum atomic E-state index is -1.05. The molecule has 2 unspecified atom stereocenters. The van der Waals surface area contributed by atoms with Crippen molar-refractivity contribution in [2.45, 2.75) is 39.4 Å². The number of aryl methyl sites for hydroxylation is 2. The Balaban J connectivity index is 2.76. The Morgan fingerprint density at radius 2 is 2.00 bits per heavy atom. The fraction of sp³-hybridized carbons (Fsp3) is 0.500. The maximum absolute atomic E-state index is 10.7. The van der Waals surface area contributed by atoms with Crippen LogP contribution in [0.2, 0.25) is 0 Å². The van der Waals surface area contributed by atoms with E-state index in [1.54, 1.807) is 6.07 Å². The number of hydrogen-bond acceptors (Lipinski definition) is 4. The molecule has 1 amide bonds. The summed E-state index contributed by atoms with van der Waals surface area (Å²) in [6, 6.07) is 3.70. The summed E-state index contributed by atoms with van der Waals surface area (Å²) >= 11 is 0. The molecule has 0 radical (unpaired) electrons. The number of hydrogen-bond donors (Lipinski definition) is 4. The zero-order valence-corrected chi connectivity index (χ0v) is 11.6. The van der Waals surface area contributed by atoms with E-state index in [0.717, 1.165) is 11.1 Å². The number of carbonyl (C=O) groups excluding carboxylic acids is 1. The second-order valence-electron chi connectivity index (χ2n) is 4.87. The molecule has 19 heavy (non-hydrogen) atoms. The highest BCUT2D eigenvalue weighted by Gasteiger charge is 2.21. The van der Waals surface area contributed by atoms with Gasteiger partial charge in [0, 0.05) is 24.7 Å². The largest absolute Gasteiger partial charge is 0.398 e. The number of nitrogens with one attached hydrogen (secondary N) is 1. The Kier molecular flexibility index (Phi) is 5.32. The minimum absolute atomic E-state index is 0.160. The second kappa shape index (κ2) is 6.54. The molecule has 0 heterocycles. The fourth-order valence-corrected chi connectivity index (χ4v) is 2.02. The quantitative estimate of drug-likeness (QED) is 0.593. The van der Waals surface area contributed by atoms with Gasteiger partial charge in [-0.3, -0.25) is 4.79 Å². The third-order valence-electron chi connectivity index (χ3n) is 3.06. The van der Waals surface area contributed by atoms with E-state index in [1.807, 2.05) is 19.9 Å². The topological polar surface area (TPSA) is 95.6 Å². The van der Waals surface area contributed by atoms with Gasteiger partial charge in [-0.25, -0.2) is 0 Å². The number of aliphatic hydroxyl groups excluding tert-OH is 2. The summed E-state index contributed by atoms with van der Waals surface area (Å²) in [5, 5.41) is 22.7. The van der Waals surface area contributed by atoms with E-state index >= 15 is 0 Å². The van der Waals surface area contributed by atoms with Crippen LogP contribution < -0.4 is 11.1 Å². The van der Waals surface area contributed by atoms with Gasteiger partial charge in [-0.2, -0.15) is 0 Å². The van der Waals surface area contributed by atoms with E-state index in [0.29, 0.717) is 17.8 Å². The molecule has 0 saturated heterocycles. The number of nitrogen functional groups attached to an aromatic ring is 1. The van der Waals surface area contributed by atoms with Crippen LogP contribution in [0.4, 0.5) is 5.69 Å². The summed E-state index contributed by atoms with van der Waals surface area (Å²) < 4.78 is 0. The SMILES string of the molecule is CC(=O)NCCC(O)C(O)c1cc(C)cc(C)c1N. The van der Waals surface area contributed by atoms with Crippen LogP contribution in [0, 0.1) is 13.8 Å². The lowest BCUT2D eigenvalue weighted by Gasteiger charge is -2.21. The van der Waals surface area contributed by atoms with Gasteiger partial charge in [0.2, 0.25) is 5.91 Å². The number of rotatable bonds is 5. The van der Waals surface area contributed by atoms with Crippen LogP contribution in [0.25, 0.3) is 0 Å². The third kappa shape index (κ3) is 4.22. The van der Waals surface area contributed by atoms with Gasteiger partial charge in [0.15, 0.2) is 0 Å². The lowest BCUT2D eigenvalue weighted by molar-refractivity contribution is -0.119. The number of nitrogens with two attached hydrogens (primary N) is 1. The van der Waals surface area contributed by atoms with E-state index in [1.165, 1.54) is 6.92 Å². The van der Waals surface area contributed by atoms with Crippen molar-refractivity contribution in [3.05, 3.63) is 28.8 Å². The van der Waals surface area contributed by atoms with Crippen LogP contribution in [-0.2, 0) is 4.79 Å². The maximum Gasteiger partial charge on any atom is 0.216 e. The first kappa shape index (κ1) is 15.5. The zero-order chi connectivity index (χ0) is 14.6. The number of carbonyl (C=O) groups is 1. The van der Waals surface area contributed by atoms with Crippen molar-refractivity contribution < 1.29 is 15.0 Å². The summed E-state index contributed by atoms with van der Waals surface area (Å²) in [6.07, 6.45) is -1.74. The van der Waals surface area contributed by atoms with E-state index in [2.05, 4.69) is 5.32 Å². The molecule has 0 aliphatic carbocycles. The molecule has 0 spiro atoms. The predicted molar refractivity (Wildman–Crippen MR) is 74.6 cm³/mol. The first-order chi connectivity index (χ1) is 8.82. The van der Waals surface area contributed by atoms with Gasteiger partial charge in [0.05, 0.1) is 6.10 Å². The van der Waals surface area contributed by atoms with Crippen molar-refractivity contribution in [3.8, 4) is 0 Å². The van der Waals surface area contributed by atoms with Crippen molar-refractivity contribution in [2.75, 3.05) is 12.3 Å². The van der Waals surface area contributed by atoms with Gasteiger partial charge in [-0.05, 0) is 25.8 Å². The van der Waals surface area contributed by atoms with E-state index in [4.69, 9.17) is 5.73 Å². The predicted octanol–water partition coefficient (Wildman–Crippen LogP) is 0.806. The van der Waals surface area contributed by atoms with E-state index in [9.17, 15) is 15.0 Å². The molecule has 2 atom stereocenters. The van der Waals surface area contributed by atoms with Crippen LogP contribution >= 0.6 is 0 Å². The summed E-state index contributed by atoms with van der Waals surface area (Å²) in [4.78, 5) is 10.7. The van der Waals surface area contributed by atoms with Crippen LogP contribution in [0.1, 0.15) is 36.1 Å². The maximum atomic E-state index is 10.7. The zero-order valence-electron chi connectivity index (χ0n) is 11.6. The van der Waals surface area contributed by atoms with Gasteiger partial charge >= 0.3 is 0 Å². The van der Waals surface area contributed by atoms with Gasteiger partial charge in [-0.15, -0.1) is 0 Å². The molecule has 0 aliphatic heterocycles. The molecule has 1 aromatic carbocycles. The van der Waals surface area contributed by atoms with Gasteiger partial charge < -0.3 is 21.3 Å². The minimum Gasteiger partial charge on any atom is -0.398 e. The monoisotopic (exact) mass is 266 g/mol. The first-order valence-corrected chi connectivity index (χ1v) is 6.30. The molecular formula is C14H22N2O3. The van der Waals surface area contributed by atoms with Gasteiger partial charge in [-0.1, -0.05) is 17.7 Å².